The first-order chi connectivity index (χ1) is 11.0. The van der Waals surface area contributed by atoms with Crippen molar-refractivity contribution < 1.29 is 28.6 Å². The van der Waals surface area contributed by atoms with E-state index in [-0.39, 0.29) is 0 Å². The molecular weight excluding hydrogens is 300 g/mol. The standard InChI is InChI=1S/C17H18O6/c1-11(18)21-16(13-7-4-3-5-8-13)17(22-12(2)19)14-9-6-10-15(20)23-14/h3-8,10,14,16-17H,9H2,1-2H3/t14-,16-,17+/m0/s1. The molecule has 0 saturated heterocycles. The summed E-state index contributed by atoms with van der Waals surface area (Å²) in [6.45, 7) is 2.52. The number of esters is 3. The fourth-order valence-corrected chi connectivity index (χ4v) is 2.41. The zero-order chi connectivity index (χ0) is 16.8. The number of hydrogen-bond donors (Lipinski definition) is 0. The summed E-state index contributed by atoms with van der Waals surface area (Å²) in [5.41, 5.74) is 0.652. The van der Waals surface area contributed by atoms with E-state index in [1.807, 2.05) is 6.07 Å². The molecule has 0 bridgehead atoms. The van der Waals surface area contributed by atoms with Crippen molar-refractivity contribution in [2.24, 2.45) is 0 Å². The number of carbonyl (C=O) groups excluding carboxylic acids is 3. The summed E-state index contributed by atoms with van der Waals surface area (Å²) in [7, 11) is 0. The summed E-state index contributed by atoms with van der Waals surface area (Å²) in [6.07, 6.45) is 0.817. The number of rotatable bonds is 5. The van der Waals surface area contributed by atoms with Gasteiger partial charge < -0.3 is 14.2 Å². The van der Waals surface area contributed by atoms with Crippen LogP contribution in [-0.2, 0) is 28.6 Å². The third-order valence-corrected chi connectivity index (χ3v) is 3.28. The first-order valence-electron chi connectivity index (χ1n) is 7.24. The lowest BCUT2D eigenvalue weighted by atomic mass is 9.97. The summed E-state index contributed by atoms with van der Waals surface area (Å²) in [5, 5.41) is 0. The van der Waals surface area contributed by atoms with Gasteiger partial charge >= 0.3 is 17.9 Å². The van der Waals surface area contributed by atoms with Gasteiger partial charge in [-0.25, -0.2) is 4.79 Å². The summed E-state index contributed by atoms with van der Waals surface area (Å²) in [5.74, 6) is -1.59. The van der Waals surface area contributed by atoms with Crippen molar-refractivity contribution in [2.75, 3.05) is 0 Å². The van der Waals surface area contributed by atoms with Crippen LogP contribution in [0.2, 0.25) is 0 Å². The van der Waals surface area contributed by atoms with Crippen molar-refractivity contribution in [3.05, 3.63) is 48.0 Å². The molecule has 2 rings (SSSR count). The van der Waals surface area contributed by atoms with Crippen LogP contribution in [0.15, 0.2) is 42.5 Å². The van der Waals surface area contributed by atoms with Crippen molar-refractivity contribution in [2.45, 2.75) is 38.6 Å². The summed E-state index contributed by atoms with van der Waals surface area (Å²) < 4.78 is 15.9. The molecule has 23 heavy (non-hydrogen) atoms. The maximum atomic E-state index is 11.5. The smallest absolute Gasteiger partial charge is 0.330 e. The van der Waals surface area contributed by atoms with E-state index in [1.54, 1.807) is 30.3 Å². The SMILES string of the molecule is CC(=O)O[C@H]([C@@H]1CC=CC(=O)O1)[C@@H](OC(C)=O)c1ccccc1. The van der Waals surface area contributed by atoms with Crippen LogP contribution in [0.5, 0.6) is 0 Å². The molecule has 0 aliphatic carbocycles. The zero-order valence-electron chi connectivity index (χ0n) is 12.9. The van der Waals surface area contributed by atoms with Gasteiger partial charge in [-0.2, -0.15) is 0 Å². The van der Waals surface area contributed by atoms with Crippen molar-refractivity contribution in [1.82, 2.24) is 0 Å². The zero-order valence-corrected chi connectivity index (χ0v) is 12.9. The van der Waals surface area contributed by atoms with Crippen molar-refractivity contribution in [3.8, 4) is 0 Å². The van der Waals surface area contributed by atoms with Crippen molar-refractivity contribution in [1.29, 1.82) is 0 Å². The Bertz CT molecular complexity index is 607. The monoisotopic (exact) mass is 318 g/mol. The molecule has 6 nitrogen and oxygen atoms in total. The average molecular weight is 318 g/mol. The highest BCUT2D eigenvalue weighted by Gasteiger charge is 2.38. The lowest BCUT2D eigenvalue weighted by Gasteiger charge is -2.32. The predicted octanol–water partition coefficient (Wildman–Crippen LogP) is 2.09. The molecule has 0 aromatic heterocycles. The van der Waals surface area contributed by atoms with Gasteiger partial charge in [0, 0.05) is 26.3 Å². The van der Waals surface area contributed by atoms with Crippen LogP contribution >= 0.6 is 0 Å². The van der Waals surface area contributed by atoms with Gasteiger partial charge in [0.2, 0.25) is 0 Å². The third-order valence-electron chi connectivity index (χ3n) is 3.28. The predicted molar refractivity (Wildman–Crippen MR) is 80.1 cm³/mol. The van der Waals surface area contributed by atoms with Crippen LogP contribution in [0, 0.1) is 0 Å². The highest BCUT2D eigenvalue weighted by Crippen LogP contribution is 2.30. The topological polar surface area (TPSA) is 78.9 Å². The van der Waals surface area contributed by atoms with Crippen LogP contribution in [-0.4, -0.2) is 30.1 Å². The molecule has 0 amide bonds. The minimum absolute atomic E-state index is 0.369. The van der Waals surface area contributed by atoms with E-state index in [4.69, 9.17) is 14.2 Å². The molecule has 1 aromatic carbocycles. The van der Waals surface area contributed by atoms with Crippen LogP contribution in [0.3, 0.4) is 0 Å². The Hall–Kier alpha value is -2.63. The summed E-state index contributed by atoms with van der Waals surface area (Å²) in [4.78, 5) is 34.4. The molecule has 1 aliphatic rings. The largest absolute Gasteiger partial charge is 0.455 e. The molecule has 0 N–H and O–H groups in total. The molecule has 1 aromatic rings. The molecule has 0 spiro atoms. The Morgan fingerprint density at radius 1 is 1.13 bits per heavy atom. The van der Waals surface area contributed by atoms with E-state index in [0.29, 0.717) is 12.0 Å². The van der Waals surface area contributed by atoms with Gasteiger partial charge in [-0.3, -0.25) is 9.59 Å². The molecule has 1 heterocycles. The van der Waals surface area contributed by atoms with Gasteiger partial charge in [-0.1, -0.05) is 36.4 Å². The number of benzene rings is 1. The molecule has 0 unspecified atom stereocenters. The molecule has 0 radical (unpaired) electrons. The van der Waals surface area contributed by atoms with E-state index < -0.39 is 36.2 Å². The van der Waals surface area contributed by atoms with Crippen LogP contribution in [0.4, 0.5) is 0 Å². The van der Waals surface area contributed by atoms with Gasteiger partial charge in [0.25, 0.3) is 0 Å². The van der Waals surface area contributed by atoms with E-state index >= 15 is 0 Å². The van der Waals surface area contributed by atoms with Crippen LogP contribution in [0.1, 0.15) is 31.9 Å². The van der Waals surface area contributed by atoms with Crippen LogP contribution in [0.25, 0.3) is 0 Å². The molecule has 3 atom stereocenters. The Balaban J connectivity index is 2.35. The number of hydrogen-bond acceptors (Lipinski definition) is 6. The first-order valence-corrected chi connectivity index (χ1v) is 7.24. The Morgan fingerprint density at radius 3 is 2.35 bits per heavy atom. The van der Waals surface area contributed by atoms with Gasteiger partial charge in [-0.15, -0.1) is 0 Å². The highest BCUT2D eigenvalue weighted by molar-refractivity contribution is 5.82. The highest BCUT2D eigenvalue weighted by atomic mass is 16.6. The Morgan fingerprint density at radius 2 is 1.78 bits per heavy atom. The Kier molecular flexibility index (Phi) is 5.51. The maximum Gasteiger partial charge on any atom is 0.330 e. The normalized spacial score (nSPS) is 19.4. The number of carbonyl (C=O) groups is 3. The molecule has 122 valence electrons. The summed E-state index contributed by atoms with van der Waals surface area (Å²) in [6, 6.07) is 8.89. The lowest BCUT2D eigenvalue weighted by molar-refractivity contribution is -0.183. The quantitative estimate of drug-likeness (QED) is 0.611. The minimum Gasteiger partial charge on any atom is -0.455 e. The average Bonchev–Trinajstić information content (AvgIpc) is 2.51. The molecular formula is C17H18O6. The fourth-order valence-electron chi connectivity index (χ4n) is 2.41. The second kappa shape index (κ2) is 7.58. The molecule has 1 aliphatic heterocycles. The second-order valence-corrected chi connectivity index (χ2v) is 5.13. The minimum atomic E-state index is -0.923. The summed E-state index contributed by atoms with van der Waals surface area (Å²) >= 11 is 0. The fraction of sp³-hybridized carbons (Fsp3) is 0.353. The first kappa shape index (κ1) is 16.7. The van der Waals surface area contributed by atoms with Crippen LogP contribution < -0.4 is 0 Å². The van der Waals surface area contributed by atoms with Gasteiger partial charge in [0.1, 0.15) is 6.10 Å². The van der Waals surface area contributed by atoms with Gasteiger partial charge in [-0.05, 0) is 5.56 Å². The van der Waals surface area contributed by atoms with E-state index in [0.717, 1.165) is 0 Å². The van der Waals surface area contributed by atoms with E-state index in [9.17, 15) is 14.4 Å². The second-order valence-electron chi connectivity index (χ2n) is 5.13. The molecule has 6 heteroatoms. The molecule has 0 fully saturated rings. The third kappa shape index (κ3) is 4.67. The van der Waals surface area contributed by atoms with E-state index in [2.05, 4.69) is 0 Å². The lowest BCUT2D eigenvalue weighted by Crippen LogP contribution is -2.41. The van der Waals surface area contributed by atoms with E-state index in [1.165, 1.54) is 19.9 Å². The van der Waals surface area contributed by atoms with Gasteiger partial charge in [0.05, 0.1) is 0 Å². The van der Waals surface area contributed by atoms with Gasteiger partial charge in [0.15, 0.2) is 12.2 Å². The van der Waals surface area contributed by atoms with Crippen molar-refractivity contribution >= 4 is 17.9 Å². The number of cyclic esters (lactones) is 1. The van der Waals surface area contributed by atoms with Crippen molar-refractivity contribution in [3.63, 3.8) is 0 Å². The Labute approximate surface area is 134 Å². The number of ether oxygens (including phenoxy) is 3. The maximum absolute atomic E-state index is 11.5. The molecule has 0 saturated carbocycles.